The van der Waals surface area contributed by atoms with Gasteiger partial charge in [0.2, 0.25) is 0 Å². The lowest BCUT2D eigenvalue weighted by molar-refractivity contribution is 0.103. The Morgan fingerprint density at radius 3 is 2.41 bits per heavy atom. The molecule has 4 nitrogen and oxygen atoms in total. The Morgan fingerprint density at radius 1 is 1.15 bits per heavy atom. The van der Waals surface area contributed by atoms with Crippen LogP contribution in [0.4, 0.5) is 0 Å². The number of rotatable bonds is 8. The van der Waals surface area contributed by atoms with Crippen molar-refractivity contribution >= 4 is 18.7 Å². The van der Waals surface area contributed by atoms with Gasteiger partial charge in [-0.2, -0.15) is 0 Å². The van der Waals surface area contributed by atoms with E-state index < -0.39 is 0 Å². The number of hydrogen-bond donors (Lipinski definition) is 2. The molecule has 1 saturated carbocycles. The van der Waals surface area contributed by atoms with Crippen molar-refractivity contribution in [2.45, 2.75) is 65.7 Å². The van der Waals surface area contributed by atoms with Crippen molar-refractivity contribution < 1.29 is 0 Å². The van der Waals surface area contributed by atoms with Crippen LogP contribution in [0, 0.1) is 5.41 Å². The van der Waals surface area contributed by atoms with Crippen molar-refractivity contribution in [1.82, 2.24) is 15.5 Å². The van der Waals surface area contributed by atoms with Crippen LogP contribution < -0.4 is 10.6 Å². The highest BCUT2D eigenvalue weighted by molar-refractivity contribution is 6.43. The van der Waals surface area contributed by atoms with Gasteiger partial charge in [0.05, 0.1) is 11.5 Å². The molecule has 0 aromatic heterocycles. The summed E-state index contributed by atoms with van der Waals surface area (Å²) in [4.78, 5) is 7.45. The van der Waals surface area contributed by atoms with Crippen molar-refractivity contribution in [3.63, 3.8) is 0 Å². The van der Waals surface area contributed by atoms with Gasteiger partial charge in [0.25, 0.3) is 0 Å². The van der Waals surface area contributed by atoms with Crippen LogP contribution >= 0.6 is 0 Å². The van der Waals surface area contributed by atoms with Crippen molar-refractivity contribution in [1.29, 1.82) is 0 Å². The largest absolute Gasteiger partial charge is 0.359 e. The third kappa shape index (κ3) is 5.75. The molecule has 1 aliphatic heterocycles. The fraction of sp³-hybridized carbons (Fsp3) is 0.483. The number of likely N-dealkylation sites (tertiary alicyclic amines) is 1. The van der Waals surface area contributed by atoms with Gasteiger partial charge < -0.3 is 15.5 Å². The van der Waals surface area contributed by atoms with E-state index in [4.69, 9.17) is 4.99 Å². The molecule has 1 aliphatic carbocycles. The Bertz CT molecular complexity index is 965. The van der Waals surface area contributed by atoms with Crippen LogP contribution in [-0.2, 0) is 0 Å². The van der Waals surface area contributed by atoms with Crippen LogP contribution in [-0.4, -0.2) is 44.2 Å². The molecule has 1 saturated heterocycles. The van der Waals surface area contributed by atoms with Crippen molar-refractivity contribution in [3.05, 3.63) is 77.7 Å². The summed E-state index contributed by atoms with van der Waals surface area (Å²) in [6.07, 6.45) is 8.43. The molecule has 1 aromatic rings. The number of nitrogens with zero attached hydrogens (tertiary/aromatic N) is 2. The Labute approximate surface area is 208 Å². The third-order valence-corrected chi connectivity index (χ3v) is 7.98. The van der Waals surface area contributed by atoms with Crippen LogP contribution in [0.15, 0.2) is 77.1 Å². The molecule has 0 radical (unpaired) electrons. The number of allylic oxidation sites excluding steroid dienone is 4. The fourth-order valence-electron chi connectivity index (χ4n) is 5.79. The molecule has 1 heterocycles. The monoisotopic (exact) mass is 458 g/mol. The highest BCUT2D eigenvalue weighted by Crippen LogP contribution is 2.46. The molecule has 3 rings (SSSR count). The maximum atomic E-state index is 5.05. The van der Waals surface area contributed by atoms with Crippen molar-refractivity contribution in [2.75, 3.05) is 20.1 Å². The zero-order valence-electron chi connectivity index (χ0n) is 22.0. The average molecular weight is 459 g/mol. The summed E-state index contributed by atoms with van der Waals surface area (Å²) in [7, 11) is 3.07. The van der Waals surface area contributed by atoms with Gasteiger partial charge in [0.15, 0.2) is 7.28 Å². The Balaban J connectivity index is 1.75. The number of benzene rings is 1. The summed E-state index contributed by atoms with van der Waals surface area (Å²) < 4.78 is 0. The van der Waals surface area contributed by atoms with Gasteiger partial charge in [-0.1, -0.05) is 75.2 Å². The van der Waals surface area contributed by atoms with E-state index >= 15 is 0 Å². The molecule has 1 aromatic carbocycles. The quantitative estimate of drug-likeness (QED) is 0.227. The molecule has 0 amide bonds. The van der Waals surface area contributed by atoms with E-state index in [1.807, 2.05) is 19.1 Å². The molecule has 1 unspecified atom stereocenters. The Hall–Kier alpha value is -2.53. The standard InChI is InChI=1S/C29H43BN4/c1-8-26(25-13-10-9-11-14-25)21(2)28(22(3)30-6)33-23(4)32-24(5)34-19-17-29(18-20-34)16-12-15-27(29)31-7/h8-11,13-14,27,30-31H,1,5,12,15-20H2,2-4,6-7H3,(H,32,33)/b26-21+,28-22?. The van der Waals surface area contributed by atoms with Crippen LogP contribution in [0.2, 0.25) is 6.82 Å². The lowest BCUT2D eigenvalue weighted by Crippen LogP contribution is -2.49. The van der Waals surface area contributed by atoms with Crippen LogP contribution in [0.3, 0.4) is 0 Å². The summed E-state index contributed by atoms with van der Waals surface area (Å²) in [6.45, 7) is 19.1. The van der Waals surface area contributed by atoms with Gasteiger partial charge in [-0.3, -0.25) is 0 Å². The second-order valence-corrected chi connectivity index (χ2v) is 9.94. The lowest BCUT2D eigenvalue weighted by atomic mass is 9.71. The van der Waals surface area contributed by atoms with E-state index in [2.05, 4.69) is 80.7 Å². The average Bonchev–Trinajstić information content (AvgIpc) is 3.25. The highest BCUT2D eigenvalue weighted by Gasteiger charge is 2.44. The fourth-order valence-corrected chi connectivity index (χ4v) is 5.79. The normalized spacial score (nSPS) is 21.6. The maximum absolute atomic E-state index is 5.05. The van der Waals surface area contributed by atoms with E-state index in [0.29, 0.717) is 11.5 Å². The van der Waals surface area contributed by atoms with Gasteiger partial charge >= 0.3 is 0 Å². The number of hydrogen-bond acceptors (Lipinski definition) is 3. The van der Waals surface area contributed by atoms with Gasteiger partial charge in [0.1, 0.15) is 5.84 Å². The predicted molar refractivity (Wildman–Crippen MR) is 150 cm³/mol. The zero-order chi connectivity index (χ0) is 24.7. The Morgan fingerprint density at radius 2 is 1.82 bits per heavy atom. The SMILES string of the molecule is C=C/C(=C(/C)C(/N=C(\C)NC(=C)N1CCC2(CCCC2NC)CC1)=C(C)BC)c1ccccc1. The van der Waals surface area contributed by atoms with E-state index in [0.717, 1.165) is 54.4 Å². The minimum absolute atomic E-state index is 0.475. The topological polar surface area (TPSA) is 39.7 Å². The molecular formula is C29H43BN4. The molecule has 182 valence electrons. The first kappa shape index (κ1) is 26.1. The molecular weight excluding hydrogens is 415 g/mol. The molecule has 1 atom stereocenters. The van der Waals surface area contributed by atoms with E-state index in [-0.39, 0.29) is 0 Å². The molecule has 2 N–H and O–H groups in total. The van der Waals surface area contributed by atoms with Crippen LogP contribution in [0.5, 0.6) is 0 Å². The summed E-state index contributed by atoms with van der Waals surface area (Å²) in [5, 5.41) is 7.08. The number of aliphatic imine (C=N–C) groups is 1. The van der Waals surface area contributed by atoms with Gasteiger partial charge in [0, 0.05) is 19.1 Å². The zero-order valence-corrected chi connectivity index (χ0v) is 22.0. The number of nitrogens with one attached hydrogen (secondary N) is 2. The van der Waals surface area contributed by atoms with E-state index in [1.54, 1.807) is 0 Å². The van der Waals surface area contributed by atoms with Gasteiger partial charge in [-0.25, -0.2) is 4.99 Å². The maximum Gasteiger partial charge on any atom is 0.151 e. The van der Waals surface area contributed by atoms with Crippen LogP contribution in [0.1, 0.15) is 58.4 Å². The second kappa shape index (κ2) is 11.7. The summed E-state index contributed by atoms with van der Waals surface area (Å²) >= 11 is 0. The lowest BCUT2D eigenvalue weighted by Gasteiger charge is -2.44. The van der Waals surface area contributed by atoms with Gasteiger partial charge in [-0.05, 0) is 68.7 Å². The number of piperidine rings is 1. The van der Waals surface area contributed by atoms with Crippen LogP contribution in [0.25, 0.3) is 5.57 Å². The molecule has 5 heteroatoms. The second-order valence-electron chi connectivity index (χ2n) is 9.94. The highest BCUT2D eigenvalue weighted by atomic mass is 15.3. The van der Waals surface area contributed by atoms with E-state index in [1.165, 1.54) is 37.6 Å². The Kier molecular flexibility index (Phi) is 9.01. The molecule has 2 aliphatic rings. The molecule has 0 bridgehead atoms. The molecule has 2 fully saturated rings. The summed E-state index contributed by atoms with van der Waals surface area (Å²) in [5.74, 6) is 1.83. The molecule has 34 heavy (non-hydrogen) atoms. The minimum Gasteiger partial charge on any atom is -0.359 e. The first-order valence-corrected chi connectivity index (χ1v) is 12.9. The van der Waals surface area contributed by atoms with E-state index in [9.17, 15) is 0 Å². The smallest absolute Gasteiger partial charge is 0.151 e. The van der Waals surface area contributed by atoms with Gasteiger partial charge in [-0.15, -0.1) is 0 Å². The third-order valence-electron chi connectivity index (χ3n) is 7.98. The summed E-state index contributed by atoms with van der Waals surface area (Å²) in [5.41, 5.74) is 6.19. The summed E-state index contributed by atoms with van der Waals surface area (Å²) in [6, 6.07) is 11.1. The van der Waals surface area contributed by atoms with Crippen molar-refractivity contribution in [2.24, 2.45) is 10.4 Å². The predicted octanol–water partition coefficient (Wildman–Crippen LogP) is 5.70. The molecule has 1 spiro atoms. The number of amidine groups is 1. The minimum atomic E-state index is 0.475. The first-order valence-electron chi connectivity index (χ1n) is 12.9. The first-order chi connectivity index (χ1) is 16.3. The van der Waals surface area contributed by atoms with Crippen molar-refractivity contribution in [3.8, 4) is 0 Å².